The first-order valence-corrected chi connectivity index (χ1v) is 10.6. The minimum atomic E-state index is -0.901. The predicted molar refractivity (Wildman–Crippen MR) is 108 cm³/mol. The van der Waals surface area contributed by atoms with E-state index in [1.807, 2.05) is 20.8 Å². The molecule has 29 heavy (non-hydrogen) atoms. The quantitative estimate of drug-likeness (QED) is 0.559. The number of carbonyl (C=O) groups is 2. The SMILES string of the molecule is CCCNC(=O)N[C@@H]1C[C@H](C(=O)N2CCOCC2)[C@@H](O)[C@H]1c1cnc(C(C)C)[nH]1. The average molecular weight is 408 g/mol. The summed E-state index contributed by atoms with van der Waals surface area (Å²) in [5, 5.41) is 16.9. The van der Waals surface area contributed by atoms with Crippen LogP contribution in [-0.2, 0) is 9.53 Å². The third kappa shape index (κ3) is 4.90. The summed E-state index contributed by atoms with van der Waals surface area (Å²) in [5.41, 5.74) is 0.749. The van der Waals surface area contributed by atoms with Crippen LogP contribution in [-0.4, -0.2) is 76.9 Å². The lowest BCUT2D eigenvalue weighted by Gasteiger charge is -2.30. The molecule has 3 rings (SSSR count). The third-order valence-electron chi connectivity index (χ3n) is 5.73. The second kappa shape index (κ2) is 9.58. The number of aliphatic hydroxyl groups is 1. The second-order valence-electron chi connectivity index (χ2n) is 8.18. The zero-order valence-corrected chi connectivity index (χ0v) is 17.5. The Morgan fingerprint density at radius 1 is 1.38 bits per heavy atom. The maximum atomic E-state index is 13.1. The molecule has 9 nitrogen and oxygen atoms in total. The van der Waals surface area contributed by atoms with Crippen LogP contribution < -0.4 is 10.6 Å². The molecule has 0 radical (unpaired) electrons. The van der Waals surface area contributed by atoms with Crippen molar-refractivity contribution in [2.24, 2.45) is 5.92 Å². The van der Waals surface area contributed by atoms with Gasteiger partial charge in [-0.3, -0.25) is 4.79 Å². The van der Waals surface area contributed by atoms with Crippen LogP contribution in [0.25, 0.3) is 0 Å². The normalized spacial score (nSPS) is 27.3. The molecule has 2 fully saturated rings. The number of morpholine rings is 1. The Labute approximate surface area is 171 Å². The van der Waals surface area contributed by atoms with Crippen LogP contribution in [0.3, 0.4) is 0 Å². The summed E-state index contributed by atoms with van der Waals surface area (Å²) in [6.07, 6.45) is 2.03. The predicted octanol–water partition coefficient (Wildman–Crippen LogP) is 0.934. The first kappa shape index (κ1) is 21.6. The fraction of sp³-hybridized carbons (Fsp3) is 0.750. The topological polar surface area (TPSA) is 120 Å². The summed E-state index contributed by atoms with van der Waals surface area (Å²) >= 11 is 0. The maximum Gasteiger partial charge on any atom is 0.315 e. The van der Waals surface area contributed by atoms with Crippen LogP contribution >= 0.6 is 0 Å². The number of nitrogens with zero attached hydrogens (tertiary/aromatic N) is 2. The van der Waals surface area contributed by atoms with Gasteiger partial charge in [-0.1, -0.05) is 20.8 Å². The second-order valence-corrected chi connectivity index (χ2v) is 8.18. The maximum absolute atomic E-state index is 13.1. The summed E-state index contributed by atoms with van der Waals surface area (Å²) in [4.78, 5) is 34.8. The van der Waals surface area contributed by atoms with Crippen molar-refractivity contribution in [2.45, 2.75) is 57.6 Å². The summed E-state index contributed by atoms with van der Waals surface area (Å²) in [6.45, 7) is 8.71. The Hall–Kier alpha value is -2.13. The standard InChI is InChI=1S/C20H33N5O4/c1-4-5-21-20(28)24-14-10-13(19(27)25-6-8-29-9-7-25)17(26)16(14)15-11-22-18(23-15)12(2)3/h11-14,16-17,26H,4-10H2,1-3H3,(H,22,23)(H2,21,24,28)/t13-,14+,16+,17+/m0/s1. The summed E-state index contributed by atoms with van der Waals surface area (Å²) in [6, 6.07) is -0.644. The van der Waals surface area contributed by atoms with Crippen molar-refractivity contribution < 1.29 is 19.4 Å². The summed E-state index contributed by atoms with van der Waals surface area (Å²) < 4.78 is 5.33. The lowest BCUT2D eigenvalue weighted by atomic mass is 9.95. The molecule has 2 aliphatic rings. The number of hydrogen-bond donors (Lipinski definition) is 4. The smallest absolute Gasteiger partial charge is 0.315 e. The molecule has 3 amide bonds. The molecule has 0 bridgehead atoms. The van der Waals surface area contributed by atoms with Gasteiger partial charge in [-0.25, -0.2) is 9.78 Å². The first-order chi connectivity index (χ1) is 13.9. The number of carbonyl (C=O) groups excluding carboxylic acids is 2. The van der Waals surface area contributed by atoms with Crippen molar-refractivity contribution in [1.82, 2.24) is 25.5 Å². The number of ether oxygens (including phenoxy) is 1. The van der Waals surface area contributed by atoms with Gasteiger partial charge in [-0.05, 0) is 12.8 Å². The minimum absolute atomic E-state index is 0.0762. The van der Waals surface area contributed by atoms with E-state index in [1.165, 1.54) is 0 Å². The van der Waals surface area contributed by atoms with E-state index in [2.05, 4.69) is 20.6 Å². The monoisotopic (exact) mass is 407 g/mol. The Morgan fingerprint density at radius 3 is 2.72 bits per heavy atom. The van der Waals surface area contributed by atoms with Crippen LogP contribution in [0.4, 0.5) is 4.79 Å². The number of urea groups is 1. The van der Waals surface area contributed by atoms with Crippen LogP contribution in [0.15, 0.2) is 6.20 Å². The van der Waals surface area contributed by atoms with Crippen molar-refractivity contribution in [3.63, 3.8) is 0 Å². The molecule has 1 aromatic rings. The highest BCUT2D eigenvalue weighted by atomic mass is 16.5. The van der Waals surface area contributed by atoms with Crippen molar-refractivity contribution in [2.75, 3.05) is 32.8 Å². The molecule has 4 atom stereocenters. The van der Waals surface area contributed by atoms with E-state index >= 15 is 0 Å². The highest BCUT2D eigenvalue weighted by Gasteiger charge is 2.49. The molecule has 162 valence electrons. The van der Waals surface area contributed by atoms with Crippen molar-refractivity contribution in [3.8, 4) is 0 Å². The van der Waals surface area contributed by atoms with E-state index in [0.29, 0.717) is 39.3 Å². The van der Waals surface area contributed by atoms with Gasteiger partial charge in [0.1, 0.15) is 5.82 Å². The van der Waals surface area contributed by atoms with Gasteiger partial charge in [-0.15, -0.1) is 0 Å². The number of amides is 3. The van der Waals surface area contributed by atoms with Gasteiger partial charge in [0.15, 0.2) is 0 Å². The number of aromatic amines is 1. The molecule has 1 saturated heterocycles. The Morgan fingerprint density at radius 2 is 2.10 bits per heavy atom. The van der Waals surface area contributed by atoms with Crippen molar-refractivity contribution >= 4 is 11.9 Å². The molecule has 4 N–H and O–H groups in total. The fourth-order valence-electron chi connectivity index (χ4n) is 4.13. The highest BCUT2D eigenvalue weighted by Crippen LogP contribution is 2.39. The van der Waals surface area contributed by atoms with Gasteiger partial charge in [0.2, 0.25) is 5.91 Å². The lowest BCUT2D eigenvalue weighted by molar-refractivity contribution is -0.142. The largest absolute Gasteiger partial charge is 0.392 e. The molecule has 0 spiro atoms. The van der Waals surface area contributed by atoms with Crippen LogP contribution in [0, 0.1) is 5.92 Å². The van der Waals surface area contributed by atoms with Gasteiger partial charge in [0, 0.05) is 49.4 Å². The molecule has 1 aliphatic heterocycles. The average Bonchev–Trinajstić information content (AvgIpc) is 3.31. The van der Waals surface area contributed by atoms with E-state index in [9.17, 15) is 14.7 Å². The summed E-state index contributed by atoms with van der Waals surface area (Å²) in [7, 11) is 0. The zero-order chi connectivity index (χ0) is 21.0. The molecule has 1 saturated carbocycles. The van der Waals surface area contributed by atoms with E-state index in [4.69, 9.17) is 4.74 Å². The number of aliphatic hydroxyl groups excluding tert-OH is 1. The molecular formula is C20H33N5O4. The van der Waals surface area contributed by atoms with Gasteiger partial charge < -0.3 is 30.4 Å². The molecule has 1 aromatic heterocycles. The zero-order valence-electron chi connectivity index (χ0n) is 17.5. The summed E-state index contributed by atoms with van der Waals surface area (Å²) in [5.74, 6) is -0.0258. The van der Waals surface area contributed by atoms with Gasteiger partial charge >= 0.3 is 6.03 Å². The van der Waals surface area contributed by atoms with Gasteiger partial charge in [-0.2, -0.15) is 0 Å². The molecule has 9 heteroatoms. The van der Waals surface area contributed by atoms with E-state index in [1.54, 1.807) is 11.1 Å². The fourth-order valence-corrected chi connectivity index (χ4v) is 4.13. The molecule has 2 heterocycles. The van der Waals surface area contributed by atoms with Crippen molar-refractivity contribution in [3.05, 3.63) is 17.7 Å². The molecule has 0 unspecified atom stereocenters. The lowest BCUT2D eigenvalue weighted by Crippen LogP contribution is -2.45. The molecular weight excluding hydrogens is 374 g/mol. The van der Waals surface area contributed by atoms with Crippen LogP contribution in [0.5, 0.6) is 0 Å². The Balaban J connectivity index is 1.80. The Bertz CT molecular complexity index is 701. The number of hydrogen-bond acceptors (Lipinski definition) is 5. The minimum Gasteiger partial charge on any atom is -0.392 e. The number of H-pyrrole nitrogens is 1. The molecule has 1 aliphatic carbocycles. The van der Waals surface area contributed by atoms with Crippen molar-refractivity contribution in [1.29, 1.82) is 0 Å². The highest BCUT2D eigenvalue weighted by molar-refractivity contribution is 5.81. The van der Waals surface area contributed by atoms with Crippen LogP contribution in [0.1, 0.15) is 57.0 Å². The molecule has 0 aromatic carbocycles. The van der Waals surface area contributed by atoms with Gasteiger partial charge in [0.25, 0.3) is 0 Å². The number of rotatable bonds is 6. The Kier molecular flexibility index (Phi) is 7.13. The number of aromatic nitrogens is 2. The number of imidazole rings is 1. The van der Waals surface area contributed by atoms with Crippen LogP contribution in [0.2, 0.25) is 0 Å². The van der Waals surface area contributed by atoms with E-state index < -0.39 is 17.9 Å². The van der Waals surface area contributed by atoms with Gasteiger partial charge in [0.05, 0.1) is 25.2 Å². The van der Waals surface area contributed by atoms with E-state index in [-0.39, 0.29) is 23.9 Å². The third-order valence-corrected chi connectivity index (χ3v) is 5.73. The number of nitrogens with one attached hydrogen (secondary N) is 3. The van der Waals surface area contributed by atoms with E-state index in [0.717, 1.165) is 17.9 Å². The first-order valence-electron chi connectivity index (χ1n) is 10.6.